The van der Waals surface area contributed by atoms with Crippen molar-refractivity contribution in [2.24, 2.45) is 16.8 Å². The van der Waals surface area contributed by atoms with E-state index in [1.54, 1.807) is 0 Å². The minimum atomic E-state index is 0. The van der Waals surface area contributed by atoms with Crippen molar-refractivity contribution in [3.05, 3.63) is 35.9 Å². The van der Waals surface area contributed by atoms with Gasteiger partial charge < -0.3 is 20.1 Å². The van der Waals surface area contributed by atoms with Crippen molar-refractivity contribution < 1.29 is 9.47 Å². The first kappa shape index (κ1) is 25.1. The van der Waals surface area contributed by atoms with E-state index in [1.165, 1.54) is 5.56 Å². The SMILES string of the molecule is CN=C(NCC(C)COCc1ccccc1)NCC(C)CN1CCOCC1.I. The quantitative estimate of drug-likeness (QED) is 0.292. The van der Waals surface area contributed by atoms with E-state index >= 15 is 0 Å². The number of nitrogens with one attached hydrogen (secondary N) is 2. The summed E-state index contributed by atoms with van der Waals surface area (Å²) < 4.78 is 11.2. The third-order valence-corrected chi connectivity index (χ3v) is 4.65. The highest BCUT2D eigenvalue weighted by molar-refractivity contribution is 14.0. The summed E-state index contributed by atoms with van der Waals surface area (Å²) in [5.74, 6) is 1.84. The number of halogens is 1. The summed E-state index contributed by atoms with van der Waals surface area (Å²) in [7, 11) is 1.82. The molecular weight excluding hydrogens is 467 g/mol. The molecule has 28 heavy (non-hydrogen) atoms. The standard InChI is InChI=1S/C21H36N4O2.HI/c1-18(15-25-9-11-26-12-10-25)13-23-21(22-3)24-14-19(2)16-27-17-20-7-5-4-6-8-20;/h4-8,18-19H,9-17H2,1-3H3,(H2,22,23,24);1H. The summed E-state index contributed by atoms with van der Waals surface area (Å²) in [6.45, 7) is 12.5. The molecule has 1 fully saturated rings. The molecule has 1 heterocycles. The maximum atomic E-state index is 5.81. The van der Waals surface area contributed by atoms with Gasteiger partial charge in [0.1, 0.15) is 0 Å². The minimum Gasteiger partial charge on any atom is -0.379 e. The molecule has 0 aromatic heterocycles. The van der Waals surface area contributed by atoms with Crippen LogP contribution in [-0.4, -0.2) is 70.5 Å². The summed E-state index contributed by atoms with van der Waals surface area (Å²) in [5, 5.41) is 6.84. The molecule has 2 unspecified atom stereocenters. The van der Waals surface area contributed by atoms with Gasteiger partial charge in [-0.2, -0.15) is 0 Å². The minimum absolute atomic E-state index is 0. The van der Waals surface area contributed by atoms with Crippen molar-refractivity contribution in [1.29, 1.82) is 0 Å². The van der Waals surface area contributed by atoms with Crippen molar-refractivity contribution in [3.8, 4) is 0 Å². The van der Waals surface area contributed by atoms with E-state index in [0.29, 0.717) is 18.4 Å². The Kier molecular flexibility index (Phi) is 13.5. The summed E-state index contributed by atoms with van der Waals surface area (Å²) in [6.07, 6.45) is 0. The van der Waals surface area contributed by atoms with E-state index in [4.69, 9.17) is 9.47 Å². The van der Waals surface area contributed by atoms with Gasteiger partial charge in [0.25, 0.3) is 0 Å². The number of morpholine rings is 1. The lowest BCUT2D eigenvalue weighted by molar-refractivity contribution is 0.0320. The molecule has 0 bridgehead atoms. The van der Waals surface area contributed by atoms with Crippen LogP contribution in [0.3, 0.4) is 0 Å². The van der Waals surface area contributed by atoms with Crippen LogP contribution in [0, 0.1) is 11.8 Å². The Morgan fingerprint density at radius 1 is 1.11 bits per heavy atom. The van der Waals surface area contributed by atoms with Crippen LogP contribution < -0.4 is 10.6 Å². The van der Waals surface area contributed by atoms with Gasteiger partial charge in [-0.05, 0) is 17.4 Å². The molecule has 160 valence electrons. The Morgan fingerprint density at radius 2 is 1.75 bits per heavy atom. The Labute approximate surface area is 187 Å². The maximum Gasteiger partial charge on any atom is 0.190 e. The molecular formula is C21H37IN4O2. The van der Waals surface area contributed by atoms with Crippen molar-refractivity contribution >= 4 is 29.9 Å². The average molecular weight is 504 g/mol. The second kappa shape index (κ2) is 15.0. The molecule has 1 aromatic rings. The number of rotatable bonds is 10. The highest BCUT2D eigenvalue weighted by Gasteiger charge is 2.14. The predicted octanol–water partition coefficient (Wildman–Crippen LogP) is 2.59. The summed E-state index contributed by atoms with van der Waals surface area (Å²) >= 11 is 0. The van der Waals surface area contributed by atoms with Crippen molar-refractivity contribution in [2.45, 2.75) is 20.5 Å². The third-order valence-electron chi connectivity index (χ3n) is 4.65. The molecule has 2 atom stereocenters. The molecule has 7 heteroatoms. The van der Waals surface area contributed by atoms with Gasteiger partial charge in [-0.3, -0.25) is 9.89 Å². The van der Waals surface area contributed by atoms with Crippen molar-refractivity contribution in [1.82, 2.24) is 15.5 Å². The molecule has 6 nitrogen and oxygen atoms in total. The molecule has 0 amide bonds. The van der Waals surface area contributed by atoms with Crippen LogP contribution in [0.5, 0.6) is 0 Å². The molecule has 1 aliphatic heterocycles. The van der Waals surface area contributed by atoms with Gasteiger partial charge in [-0.15, -0.1) is 24.0 Å². The zero-order chi connectivity index (χ0) is 19.3. The maximum absolute atomic E-state index is 5.81. The highest BCUT2D eigenvalue weighted by atomic mass is 127. The molecule has 1 aliphatic rings. The zero-order valence-electron chi connectivity index (χ0n) is 17.5. The molecule has 0 aliphatic carbocycles. The molecule has 0 spiro atoms. The second-order valence-corrected chi connectivity index (χ2v) is 7.46. The fraction of sp³-hybridized carbons (Fsp3) is 0.667. The summed E-state index contributed by atoms with van der Waals surface area (Å²) in [6, 6.07) is 10.3. The number of aliphatic imine (C=N–C) groups is 1. The molecule has 1 saturated heterocycles. The number of benzene rings is 1. The number of hydrogen-bond acceptors (Lipinski definition) is 4. The van der Waals surface area contributed by atoms with Crippen molar-refractivity contribution in [3.63, 3.8) is 0 Å². The monoisotopic (exact) mass is 504 g/mol. The molecule has 0 saturated carbocycles. The van der Waals surface area contributed by atoms with E-state index in [1.807, 2.05) is 25.2 Å². The van der Waals surface area contributed by atoms with Crippen LogP contribution in [-0.2, 0) is 16.1 Å². The van der Waals surface area contributed by atoms with Crippen LogP contribution >= 0.6 is 24.0 Å². The number of ether oxygens (including phenoxy) is 2. The normalized spacial score (nSPS) is 17.5. The first-order valence-corrected chi connectivity index (χ1v) is 10.0. The van der Waals surface area contributed by atoms with Crippen LogP contribution in [0.4, 0.5) is 0 Å². The number of nitrogens with zero attached hydrogens (tertiary/aromatic N) is 2. The van der Waals surface area contributed by atoms with Gasteiger partial charge in [0.2, 0.25) is 0 Å². The van der Waals surface area contributed by atoms with Crippen LogP contribution in [0.25, 0.3) is 0 Å². The highest BCUT2D eigenvalue weighted by Crippen LogP contribution is 2.04. The average Bonchev–Trinajstić information content (AvgIpc) is 2.69. The second-order valence-electron chi connectivity index (χ2n) is 7.46. The largest absolute Gasteiger partial charge is 0.379 e. The first-order valence-electron chi connectivity index (χ1n) is 10.0. The van der Waals surface area contributed by atoms with E-state index in [0.717, 1.165) is 58.5 Å². The van der Waals surface area contributed by atoms with E-state index < -0.39 is 0 Å². The topological polar surface area (TPSA) is 58.1 Å². The molecule has 2 N–H and O–H groups in total. The zero-order valence-corrected chi connectivity index (χ0v) is 19.9. The van der Waals surface area contributed by atoms with E-state index in [2.05, 4.69) is 46.5 Å². The van der Waals surface area contributed by atoms with Gasteiger partial charge in [0, 0.05) is 39.8 Å². The molecule has 0 radical (unpaired) electrons. The van der Waals surface area contributed by atoms with Gasteiger partial charge in [-0.25, -0.2) is 0 Å². The van der Waals surface area contributed by atoms with E-state index in [-0.39, 0.29) is 24.0 Å². The Hall–Kier alpha value is -0.900. The fourth-order valence-corrected chi connectivity index (χ4v) is 3.06. The summed E-state index contributed by atoms with van der Waals surface area (Å²) in [4.78, 5) is 6.80. The van der Waals surface area contributed by atoms with E-state index in [9.17, 15) is 0 Å². The van der Waals surface area contributed by atoms with Crippen LogP contribution in [0.15, 0.2) is 35.3 Å². The van der Waals surface area contributed by atoms with Gasteiger partial charge in [0.15, 0.2) is 5.96 Å². The Balaban J connectivity index is 0.00000392. The van der Waals surface area contributed by atoms with Gasteiger partial charge in [-0.1, -0.05) is 44.2 Å². The smallest absolute Gasteiger partial charge is 0.190 e. The fourth-order valence-electron chi connectivity index (χ4n) is 3.06. The van der Waals surface area contributed by atoms with Gasteiger partial charge >= 0.3 is 0 Å². The molecule has 2 rings (SSSR count). The third kappa shape index (κ3) is 10.6. The Morgan fingerprint density at radius 3 is 2.39 bits per heavy atom. The lowest BCUT2D eigenvalue weighted by Crippen LogP contribution is -2.44. The van der Waals surface area contributed by atoms with Crippen molar-refractivity contribution in [2.75, 3.05) is 59.6 Å². The van der Waals surface area contributed by atoms with Gasteiger partial charge in [0.05, 0.1) is 26.4 Å². The van der Waals surface area contributed by atoms with Crippen LogP contribution in [0.2, 0.25) is 0 Å². The number of guanidine groups is 1. The van der Waals surface area contributed by atoms with Crippen LogP contribution in [0.1, 0.15) is 19.4 Å². The Bertz CT molecular complexity index is 538. The number of hydrogen-bond donors (Lipinski definition) is 2. The lowest BCUT2D eigenvalue weighted by Gasteiger charge is -2.29. The molecule has 1 aromatic carbocycles. The first-order chi connectivity index (χ1) is 13.2. The predicted molar refractivity (Wildman–Crippen MR) is 126 cm³/mol. The summed E-state index contributed by atoms with van der Waals surface area (Å²) in [5.41, 5.74) is 1.21. The lowest BCUT2D eigenvalue weighted by atomic mass is 10.1.